The largest absolute Gasteiger partial charge is 0.384 e. The number of ether oxygens (including phenoxy) is 1. The van der Waals surface area contributed by atoms with Crippen molar-refractivity contribution in [3.8, 4) is 16.5 Å². The monoisotopic (exact) mass is 435 g/mol. The lowest BCUT2D eigenvalue weighted by atomic mass is 10.1. The van der Waals surface area contributed by atoms with E-state index in [-0.39, 0.29) is 5.56 Å². The quantitative estimate of drug-likeness (QED) is 0.416. The van der Waals surface area contributed by atoms with Crippen molar-refractivity contribution in [2.24, 2.45) is 0 Å². The molecule has 7 heteroatoms. The molecule has 0 N–H and O–H groups in total. The van der Waals surface area contributed by atoms with E-state index in [1.807, 2.05) is 29.6 Å². The van der Waals surface area contributed by atoms with Gasteiger partial charge in [0.25, 0.3) is 5.56 Å². The van der Waals surface area contributed by atoms with Gasteiger partial charge in [0.05, 0.1) is 30.2 Å². The van der Waals surface area contributed by atoms with Crippen LogP contribution in [-0.2, 0) is 24.1 Å². The van der Waals surface area contributed by atoms with Gasteiger partial charge in [0.2, 0.25) is 0 Å². The van der Waals surface area contributed by atoms with Crippen molar-refractivity contribution in [3.63, 3.8) is 0 Å². The van der Waals surface area contributed by atoms with Crippen LogP contribution in [0.25, 0.3) is 20.7 Å². The summed E-state index contributed by atoms with van der Waals surface area (Å²) in [5.41, 5.74) is 2.46. The number of thiophene rings is 2. The van der Waals surface area contributed by atoms with Gasteiger partial charge in [-0.25, -0.2) is 4.98 Å². The van der Waals surface area contributed by atoms with Crippen molar-refractivity contribution >= 4 is 32.9 Å². The van der Waals surface area contributed by atoms with Crippen LogP contribution in [0.4, 0.5) is 0 Å². The van der Waals surface area contributed by atoms with Crippen LogP contribution in [0.2, 0.25) is 0 Å². The van der Waals surface area contributed by atoms with Gasteiger partial charge in [-0.15, -0.1) is 22.7 Å². The van der Waals surface area contributed by atoms with E-state index in [1.165, 1.54) is 4.88 Å². The van der Waals surface area contributed by atoms with Gasteiger partial charge in [-0.2, -0.15) is 5.26 Å². The molecule has 0 aliphatic rings. The lowest BCUT2D eigenvalue weighted by Gasteiger charge is -2.13. The molecule has 0 radical (unpaired) electrons. The summed E-state index contributed by atoms with van der Waals surface area (Å²) in [6.45, 7) is 2.97. The summed E-state index contributed by atoms with van der Waals surface area (Å²) in [4.78, 5) is 21.7. The average Bonchev–Trinajstić information content (AvgIpc) is 3.42. The Hall–Kier alpha value is -2.79. The predicted octanol–water partition coefficient (Wildman–Crippen LogP) is 4.86. The molecular weight excluding hydrogens is 414 g/mol. The Bertz CT molecular complexity index is 1280. The maximum Gasteiger partial charge on any atom is 0.263 e. The normalized spacial score (nSPS) is 11.1. The Kier molecular flexibility index (Phi) is 6.09. The zero-order valence-electron chi connectivity index (χ0n) is 16.8. The molecule has 0 aliphatic carbocycles. The van der Waals surface area contributed by atoms with E-state index in [0.29, 0.717) is 36.3 Å². The van der Waals surface area contributed by atoms with Crippen LogP contribution in [0.15, 0.2) is 46.6 Å². The molecule has 0 bridgehead atoms. The number of nitrogens with zero attached hydrogens (tertiary/aromatic N) is 3. The highest BCUT2D eigenvalue weighted by atomic mass is 32.1. The van der Waals surface area contributed by atoms with Crippen LogP contribution in [0.1, 0.15) is 28.8 Å². The van der Waals surface area contributed by atoms with E-state index in [1.54, 1.807) is 40.4 Å². The molecule has 0 amide bonds. The Morgan fingerprint density at radius 2 is 2.13 bits per heavy atom. The van der Waals surface area contributed by atoms with E-state index in [4.69, 9.17) is 9.72 Å². The number of hydrogen-bond acceptors (Lipinski definition) is 6. The molecule has 4 aromatic rings. The Labute approximate surface area is 182 Å². The number of hydrogen-bond donors (Lipinski definition) is 0. The average molecular weight is 436 g/mol. The molecule has 3 aromatic heterocycles. The number of fused-ring (bicyclic) bond motifs is 1. The molecular formula is C23H21N3O2S2. The molecule has 0 aliphatic heterocycles. The molecule has 5 nitrogen and oxygen atoms in total. The first kappa shape index (κ1) is 20.5. The first-order valence-electron chi connectivity index (χ1n) is 9.73. The minimum absolute atomic E-state index is 0.0344. The molecule has 30 heavy (non-hydrogen) atoms. The minimum atomic E-state index is -0.0344. The van der Waals surface area contributed by atoms with Gasteiger partial charge < -0.3 is 4.74 Å². The summed E-state index contributed by atoms with van der Waals surface area (Å²) in [5.74, 6) is 0.707. The predicted molar refractivity (Wildman–Crippen MR) is 122 cm³/mol. The highest BCUT2D eigenvalue weighted by molar-refractivity contribution is 7.20. The summed E-state index contributed by atoms with van der Waals surface area (Å²) in [6.07, 6.45) is 1.40. The molecule has 0 saturated carbocycles. The van der Waals surface area contributed by atoms with Gasteiger partial charge in [0, 0.05) is 28.8 Å². The fourth-order valence-electron chi connectivity index (χ4n) is 3.57. The Morgan fingerprint density at radius 1 is 1.27 bits per heavy atom. The fraction of sp³-hybridized carbons (Fsp3) is 0.261. The molecule has 0 spiro atoms. The zero-order valence-corrected chi connectivity index (χ0v) is 18.5. The maximum absolute atomic E-state index is 13.7. The highest BCUT2D eigenvalue weighted by Crippen LogP contribution is 2.38. The van der Waals surface area contributed by atoms with Crippen LogP contribution >= 0.6 is 22.7 Å². The third kappa shape index (κ3) is 3.82. The first-order valence-corrected chi connectivity index (χ1v) is 11.4. The van der Waals surface area contributed by atoms with Gasteiger partial charge in [-0.3, -0.25) is 9.36 Å². The Morgan fingerprint density at radius 3 is 2.83 bits per heavy atom. The van der Waals surface area contributed by atoms with Crippen molar-refractivity contribution < 1.29 is 4.74 Å². The first-order chi connectivity index (χ1) is 14.7. The summed E-state index contributed by atoms with van der Waals surface area (Å²) in [5, 5.41) is 11.9. The zero-order chi connectivity index (χ0) is 21.1. The van der Waals surface area contributed by atoms with Gasteiger partial charge in [-0.05, 0) is 35.6 Å². The van der Waals surface area contributed by atoms with E-state index in [2.05, 4.69) is 19.1 Å². The summed E-state index contributed by atoms with van der Waals surface area (Å²) < 4.78 is 6.99. The number of aromatic nitrogens is 2. The van der Waals surface area contributed by atoms with E-state index in [0.717, 1.165) is 27.3 Å². The van der Waals surface area contributed by atoms with Crippen LogP contribution in [0.3, 0.4) is 0 Å². The minimum Gasteiger partial charge on any atom is -0.384 e. The van der Waals surface area contributed by atoms with Gasteiger partial charge in [0.1, 0.15) is 10.7 Å². The highest BCUT2D eigenvalue weighted by Gasteiger charge is 2.21. The SMILES string of the molecule is CCc1sc2nc(CCOC)n(Cc3cccc(C#N)c3)c(=O)c2c1-c1cccs1. The molecule has 0 saturated heterocycles. The topological polar surface area (TPSA) is 67.9 Å². The van der Waals surface area contributed by atoms with Crippen LogP contribution in [-0.4, -0.2) is 23.3 Å². The molecule has 0 fully saturated rings. The Balaban J connectivity index is 1.94. The number of benzene rings is 1. The standard InChI is InChI=1S/C23H21N3O2S2/c1-3-17-20(18-8-5-11-29-18)21-22(30-17)25-19(9-10-28-2)26(23(21)27)14-16-7-4-6-15(12-16)13-24/h4-8,11-12H,3,9-10,14H2,1-2H3. The van der Waals surface area contributed by atoms with Gasteiger partial charge in [-0.1, -0.05) is 25.1 Å². The van der Waals surface area contributed by atoms with Gasteiger partial charge >= 0.3 is 0 Å². The molecule has 0 atom stereocenters. The maximum atomic E-state index is 13.7. The van der Waals surface area contributed by atoms with E-state index >= 15 is 0 Å². The molecule has 3 heterocycles. The van der Waals surface area contributed by atoms with Crippen LogP contribution in [0, 0.1) is 11.3 Å². The molecule has 4 rings (SSSR count). The second-order valence-electron chi connectivity index (χ2n) is 6.89. The van der Waals surface area contributed by atoms with Gasteiger partial charge in [0.15, 0.2) is 0 Å². The summed E-state index contributed by atoms with van der Waals surface area (Å²) in [7, 11) is 1.65. The number of rotatable bonds is 7. The fourth-order valence-corrected chi connectivity index (χ4v) is 5.57. The second kappa shape index (κ2) is 8.92. The number of nitriles is 1. The smallest absolute Gasteiger partial charge is 0.263 e. The van der Waals surface area contributed by atoms with Crippen LogP contribution < -0.4 is 5.56 Å². The summed E-state index contributed by atoms with van der Waals surface area (Å²) >= 11 is 3.24. The number of methoxy groups -OCH3 is 1. The van der Waals surface area contributed by atoms with Crippen molar-refractivity contribution in [1.29, 1.82) is 5.26 Å². The van der Waals surface area contributed by atoms with Crippen molar-refractivity contribution in [2.45, 2.75) is 26.3 Å². The molecule has 152 valence electrons. The number of aryl methyl sites for hydroxylation is 1. The van der Waals surface area contributed by atoms with Crippen LogP contribution in [0.5, 0.6) is 0 Å². The third-order valence-corrected chi connectivity index (χ3v) is 7.09. The van der Waals surface area contributed by atoms with Crippen molar-refractivity contribution in [1.82, 2.24) is 9.55 Å². The second-order valence-corrected chi connectivity index (χ2v) is 8.92. The summed E-state index contributed by atoms with van der Waals surface area (Å²) in [6, 6.07) is 13.6. The molecule has 1 aromatic carbocycles. The third-order valence-electron chi connectivity index (χ3n) is 4.98. The van der Waals surface area contributed by atoms with Crippen molar-refractivity contribution in [2.75, 3.05) is 13.7 Å². The van der Waals surface area contributed by atoms with E-state index < -0.39 is 0 Å². The lowest BCUT2D eigenvalue weighted by molar-refractivity contribution is 0.199. The van der Waals surface area contributed by atoms with Crippen molar-refractivity contribution in [3.05, 3.63) is 74.0 Å². The lowest BCUT2D eigenvalue weighted by Crippen LogP contribution is -2.26. The molecule has 0 unspecified atom stereocenters. The van der Waals surface area contributed by atoms with E-state index in [9.17, 15) is 10.1 Å².